The van der Waals surface area contributed by atoms with Gasteiger partial charge in [0.15, 0.2) is 6.29 Å². The lowest BCUT2D eigenvalue weighted by Gasteiger charge is -2.33. The van der Waals surface area contributed by atoms with Gasteiger partial charge in [0.1, 0.15) is 11.3 Å². The number of hydrogen-bond acceptors (Lipinski definition) is 3. The molecule has 6 nitrogen and oxygen atoms in total. The number of imidazole rings is 1. The topological polar surface area (TPSA) is 74.9 Å². The van der Waals surface area contributed by atoms with Crippen LogP contribution in [-0.4, -0.2) is 43.9 Å². The van der Waals surface area contributed by atoms with Crippen molar-refractivity contribution in [1.29, 1.82) is 0 Å². The predicted octanol–water partition coefficient (Wildman–Crippen LogP) is 2.86. The zero-order chi connectivity index (χ0) is 16.3. The molecule has 0 fully saturated rings. The molecular weight excluding hydrogens is 282 g/mol. The minimum Gasteiger partial charge on any atom is -0.465 e. The molecule has 118 valence electrons. The average Bonchev–Trinajstić information content (AvgIpc) is 2.79. The van der Waals surface area contributed by atoms with E-state index in [0.717, 1.165) is 17.6 Å². The third kappa shape index (κ3) is 3.27. The van der Waals surface area contributed by atoms with Gasteiger partial charge in [-0.2, -0.15) is 0 Å². The van der Waals surface area contributed by atoms with Crippen LogP contribution in [0.3, 0.4) is 0 Å². The molecule has 22 heavy (non-hydrogen) atoms. The average molecular weight is 303 g/mol. The number of carboxylic acid groups (broad SMARTS) is 1. The second-order valence-corrected chi connectivity index (χ2v) is 6.20. The number of aryl methyl sites for hydroxylation is 1. The summed E-state index contributed by atoms with van der Waals surface area (Å²) in [5.41, 5.74) is 1.53. The maximum atomic E-state index is 11.3. The van der Waals surface area contributed by atoms with E-state index in [1.807, 2.05) is 49.6 Å². The quantitative estimate of drug-likeness (QED) is 0.862. The number of hydrogen-bond donors (Lipinski definition) is 1. The highest BCUT2D eigenvalue weighted by molar-refractivity contribution is 5.75. The first-order valence-electron chi connectivity index (χ1n) is 7.26. The molecule has 0 unspecified atom stereocenters. The monoisotopic (exact) mass is 303 g/mol. The molecule has 0 aromatic carbocycles. The van der Waals surface area contributed by atoms with Crippen molar-refractivity contribution in [2.75, 3.05) is 6.54 Å². The summed E-state index contributed by atoms with van der Waals surface area (Å²) in [5.74, 6) is 0. The van der Waals surface area contributed by atoms with Gasteiger partial charge in [-0.25, -0.2) is 9.78 Å². The van der Waals surface area contributed by atoms with E-state index in [2.05, 4.69) is 4.98 Å². The number of carbonyl (C=O) groups is 2. The zero-order valence-electron chi connectivity index (χ0n) is 13.1. The number of carbonyl (C=O) groups excluding carboxylic acids is 1. The molecule has 0 spiro atoms. The normalized spacial score (nSPS) is 11.6. The predicted molar refractivity (Wildman–Crippen MR) is 83.4 cm³/mol. The highest BCUT2D eigenvalue weighted by Crippen LogP contribution is 2.17. The summed E-state index contributed by atoms with van der Waals surface area (Å²) in [7, 11) is 0. The Morgan fingerprint density at radius 2 is 2.14 bits per heavy atom. The van der Waals surface area contributed by atoms with Gasteiger partial charge >= 0.3 is 6.09 Å². The van der Waals surface area contributed by atoms with Crippen LogP contribution < -0.4 is 0 Å². The first kappa shape index (κ1) is 16.0. The van der Waals surface area contributed by atoms with Gasteiger partial charge in [0.2, 0.25) is 0 Å². The van der Waals surface area contributed by atoms with E-state index in [4.69, 9.17) is 0 Å². The lowest BCUT2D eigenvalue weighted by molar-refractivity contribution is 0.0993. The van der Waals surface area contributed by atoms with Gasteiger partial charge in [0.05, 0.1) is 5.69 Å². The first-order chi connectivity index (χ1) is 10.3. The molecule has 0 aliphatic rings. The van der Waals surface area contributed by atoms with Crippen LogP contribution in [0.4, 0.5) is 4.79 Å². The molecule has 0 bridgehead atoms. The number of nitrogens with zero attached hydrogens (tertiary/aromatic N) is 3. The Labute approximate surface area is 129 Å². The summed E-state index contributed by atoms with van der Waals surface area (Å²) in [4.78, 5) is 28.2. The van der Waals surface area contributed by atoms with Crippen LogP contribution >= 0.6 is 0 Å². The molecule has 0 radical (unpaired) electrons. The van der Waals surface area contributed by atoms with E-state index < -0.39 is 11.6 Å². The molecular formula is C16H21N3O3. The summed E-state index contributed by atoms with van der Waals surface area (Å²) in [6.45, 7) is 6.02. The maximum absolute atomic E-state index is 11.3. The minimum atomic E-state index is -0.929. The van der Waals surface area contributed by atoms with Crippen LogP contribution in [0.15, 0.2) is 24.4 Å². The van der Waals surface area contributed by atoms with Crippen LogP contribution in [0.2, 0.25) is 0 Å². The Kier molecular flexibility index (Phi) is 4.49. The fourth-order valence-corrected chi connectivity index (χ4v) is 2.53. The van der Waals surface area contributed by atoms with Crippen LogP contribution in [0.25, 0.3) is 5.65 Å². The van der Waals surface area contributed by atoms with Gasteiger partial charge in [-0.3, -0.25) is 4.79 Å². The summed E-state index contributed by atoms with van der Waals surface area (Å²) in [5, 5.41) is 9.29. The van der Waals surface area contributed by atoms with E-state index in [1.165, 1.54) is 4.90 Å². The Morgan fingerprint density at radius 3 is 2.73 bits per heavy atom. The van der Waals surface area contributed by atoms with Crippen LogP contribution in [0.5, 0.6) is 0 Å². The molecule has 2 aromatic heterocycles. The van der Waals surface area contributed by atoms with Gasteiger partial charge in [0, 0.05) is 18.3 Å². The first-order valence-corrected chi connectivity index (χ1v) is 7.26. The van der Waals surface area contributed by atoms with Crippen molar-refractivity contribution in [3.8, 4) is 0 Å². The molecule has 2 heterocycles. The number of aldehydes is 1. The van der Waals surface area contributed by atoms with Crippen LogP contribution in [0.1, 0.15) is 43.4 Å². The molecule has 6 heteroatoms. The molecule has 1 N–H and O–H groups in total. The summed E-state index contributed by atoms with van der Waals surface area (Å²) in [6.07, 6.45) is 2.91. The molecule has 2 rings (SSSR count). The smallest absolute Gasteiger partial charge is 0.407 e. The van der Waals surface area contributed by atoms with Crippen molar-refractivity contribution in [3.05, 3.63) is 35.8 Å². The molecule has 0 saturated heterocycles. The highest BCUT2D eigenvalue weighted by Gasteiger charge is 2.25. The SMILES string of the molecule is CC(C)(C)N(CCCc1c(C=O)nc2ccccn12)C(=O)O. The van der Waals surface area contributed by atoms with Crippen molar-refractivity contribution >= 4 is 18.0 Å². The van der Waals surface area contributed by atoms with E-state index in [0.29, 0.717) is 25.1 Å². The molecule has 0 saturated carbocycles. The Bertz CT molecular complexity index is 685. The lowest BCUT2D eigenvalue weighted by atomic mass is 10.1. The molecule has 0 aliphatic carbocycles. The number of fused-ring (bicyclic) bond motifs is 1. The number of amides is 1. The van der Waals surface area contributed by atoms with Crippen molar-refractivity contribution < 1.29 is 14.7 Å². The fraction of sp³-hybridized carbons (Fsp3) is 0.438. The Hall–Kier alpha value is -2.37. The Morgan fingerprint density at radius 1 is 1.41 bits per heavy atom. The number of rotatable bonds is 5. The van der Waals surface area contributed by atoms with Gasteiger partial charge in [-0.1, -0.05) is 6.07 Å². The lowest BCUT2D eigenvalue weighted by Crippen LogP contribution is -2.45. The van der Waals surface area contributed by atoms with E-state index in [-0.39, 0.29) is 0 Å². The van der Waals surface area contributed by atoms with Gasteiger partial charge < -0.3 is 14.4 Å². The van der Waals surface area contributed by atoms with Gasteiger partial charge in [0.25, 0.3) is 0 Å². The van der Waals surface area contributed by atoms with Crippen molar-refractivity contribution in [2.24, 2.45) is 0 Å². The van der Waals surface area contributed by atoms with Crippen molar-refractivity contribution in [1.82, 2.24) is 14.3 Å². The van der Waals surface area contributed by atoms with Crippen molar-refractivity contribution in [3.63, 3.8) is 0 Å². The van der Waals surface area contributed by atoms with E-state index >= 15 is 0 Å². The van der Waals surface area contributed by atoms with Crippen LogP contribution in [0, 0.1) is 0 Å². The minimum absolute atomic E-state index is 0.414. The summed E-state index contributed by atoms with van der Waals surface area (Å²) >= 11 is 0. The number of pyridine rings is 1. The molecule has 2 aromatic rings. The summed E-state index contributed by atoms with van der Waals surface area (Å²) < 4.78 is 1.88. The van der Waals surface area contributed by atoms with Crippen molar-refractivity contribution in [2.45, 2.75) is 39.2 Å². The molecule has 0 aliphatic heterocycles. The fourth-order valence-electron chi connectivity index (χ4n) is 2.53. The van der Waals surface area contributed by atoms with E-state index in [9.17, 15) is 14.7 Å². The Balaban J connectivity index is 2.15. The van der Waals surface area contributed by atoms with E-state index in [1.54, 1.807) is 0 Å². The maximum Gasteiger partial charge on any atom is 0.407 e. The zero-order valence-corrected chi connectivity index (χ0v) is 13.1. The third-order valence-corrected chi connectivity index (χ3v) is 3.61. The largest absolute Gasteiger partial charge is 0.465 e. The highest BCUT2D eigenvalue weighted by atomic mass is 16.4. The van der Waals surface area contributed by atoms with Gasteiger partial charge in [-0.05, 0) is 45.7 Å². The molecule has 1 amide bonds. The van der Waals surface area contributed by atoms with Crippen LogP contribution in [-0.2, 0) is 6.42 Å². The third-order valence-electron chi connectivity index (χ3n) is 3.61. The number of aromatic nitrogens is 2. The summed E-state index contributed by atoms with van der Waals surface area (Å²) in [6, 6.07) is 5.59. The molecule has 0 atom stereocenters. The standard InChI is InChI=1S/C16H21N3O3/c1-16(2,3)19(15(21)22)10-6-7-13-12(11-20)17-14-8-4-5-9-18(13)14/h4-5,8-9,11H,6-7,10H2,1-3H3,(H,21,22). The second-order valence-electron chi connectivity index (χ2n) is 6.20. The van der Waals surface area contributed by atoms with Gasteiger partial charge in [-0.15, -0.1) is 0 Å². The second kappa shape index (κ2) is 6.17.